The largest absolute Gasteiger partial charge is 0.480 e. The van der Waals surface area contributed by atoms with Gasteiger partial charge in [0.25, 0.3) is 0 Å². The summed E-state index contributed by atoms with van der Waals surface area (Å²) >= 11 is 0. The van der Waals surface area contributed by atoms with E-state index in [1.165, 1.54) is 0 Å². The molecule has 1 unspecified atom stereocenters. The molecule has 0 aliphatic carbocycles. The van der Waals surface area contributed by atoms with Crippen LogP contribution in [0.2, 0.25) is 0 Å². The summed E-state index contributed by atoms with van der Waals surface area (Å²) in [7, 11) is 5.81. The van der Waals surface area contributed by atoms with Gasteiger partial charge in [0.2, 0.25) is 0 Å². The van der Waals surface area contributed by atoms with Crippen LogP contribution in [0.4, 0.5) is 0 Å². The lowest BCUT2D eigenvalue weighted by Gasteiger charge is -2.26. The first-order valence-electron chi connectivity index (χ1n) is 6.64. The van der Waals surface area contributed by atoms with Gasteiger partial charge in [-0.05, 0) is 33.5 Å². The molecular formula is C13H29N3O2. The summed E-state index contributed by atoms with van der Waals surface area (Å²) in [5.41, 5.74) is 0. The van der Waals surface area contributed by atoms with Crippen molar-refractivity contribution >= 4 is 5.97 Å². The number of nitrogens with one attached hydrogen (secondary N) is 1. The topological polar surface area (TPSA) is 55.8 Å². The number of rotatable bonds is 10. The summed E-state index contributed by atoms with van der Waals surface area (Å²) in [4.78, 5) is 15.4. The summed E-state index contributed by atoms with van der Waals surface area (Å²) < 4.78 is 0. The molecule has 0 aromatic carbocycles. The zero-order valence-corrected chi connectivity index (χ0v) is 12.4. The Balaban J connectivity index is 4.17. The van der Waals surface area contributed by atoms with Crippen LogP contribution in [0.1, 0.15) is 20.3 Å². The maximum atomic E-state index is 10.9. The Hall–Kier alpha value is -0.650. The lowest BCUT2D eigenvalue weighted by molar-refractivity contribution is -0.139. The fourth-order valence-corrected chi connectivity index (χ4v) is 1.86. The summed E-state index contributed by atoms with van der Waals surface area (Å²) in [5, 5.41) is 11.8. The maximum absolute atomic E-state index is 10.9. The van der Waals surface area contributed by atoms with Crippen molar-refractivity contribution in [1.82, 2.24) is 15.1 Å². The number of hydrogen-bond donors (Lipinski definition) is 2. The van der Waals surface area contributed by atoms with Crippen LogP contribution in [0.15, 0.2) is 0 Å². The van der Waals surface area contributed by atoms with Crippen LogP contribution in [0.25, 0.3) is 0 Å². The van der Waals surface area contributed by atoms with E-state index in [-0.39, 0.29) is 0 Å². The molecule has 5 nitrogen and oxygen atoms in total. The minimum absolute atomic E-state index is 0.445. The molecule has 0 fully saturated rings. The highest BCUT2D eigenvalue weighted by Crippen LogP contribution is 2.02. The molecule has 0 heterocycles. The van der Waals surface area contributed by atoms with Crippen LogP contribution in [0.3, 0.4) is 0 Å². The van der Waals surface area contributed by atoms with Crippen molar-refractivity contribution in [2.24, 2.45) is 5.92 Å². The molecule has 0 aromatic heterocycles. The van der Waals surface area contributed by atoms with Gasteiger partial charge in [0.15, 0.2) is 0 Å². The number of likely N-dealkylation sites (N-methyl/N-ethyl adjacent to an activating group) is 2. The summed E-state index contributed by atoms with van der Waals surface area (Å²) in [6, 6.07) is -0.445. The van der Waals surface area contributed by atoms with Gasteiger partial charge in [-0.2, -0.15) is 0 Å². The fourth-order valence-electron chi connectivity index (χ4n) is 1.86. The average molecular weight is 259 g/mol. The molecule has 0 radical (unpaired) electrons. The normalized spacial score (nSPS) is 13.6. The van der Waals surface area contributed by atoms with E-state index in [0.717, 1.165) is 26.2 Å². The molecule has 18 heavy (non-hydrogen) atoms. The van der Waals surface area contributed by atoms with Crippen molar-refractivity contribution in [3.63, 3.8) is 0 Å². The highest BCUT2D eigenvalue weighted by atomic mass is 16.4. The van der Waals surface area contributed by atoms with E-state index in [1.54, 1.807) is 7.05 Å². The van der Waals surface area contributed by atoms with E-state index in [0.29, 0.717) is 12.3 Å². The average Bonchev–Trinajstić information content (AvgIpc) is 2.25. The van der Waals surface area contributed by atoms with Gasteiger partial charge < -0.3 is 20.2 Å². The first kappa shape index (κ1) is 17.4. The number of carboxylic acids is 1. The standard InChI is InChI=1S/C13H29N3O2/c1-11(2)10-16(9-8-15(4)5)7-6-12(14-3)13(17)18/h11-12,14H,6-10H2,1-5H3,(H,17,18). The molecule has 0 amide bonds. The predicted octanol–water partition coefficient (Wildman–Crippen LogP) is 0.569. The van der Waals surface area contributed by atoms with E-state index in [1.807, 2.05) is 0 Å². The smallest absolute Gasteiger partial charge is 0.320 e. The number of nitrogens with zero attached hydrogens (tertiary/aromatic N) is 2. The first-order valence-corrected chi connectivity index (χ1v) is 6.64. The van der Waals surface area contributed by atoms with Gasteiger partial charge in [0, 0.05) is 26.2 Å². The second-order valence-corrected chi connectivity index (χ2v) is 5.47. The van der Waals surface area contributed by atoms with E-state index in [2.05, 4.69) is 43.1 Å². The van der Waals surface area contributed by atoms with Gasteiger partial charge in [-0.3, -0.25) is 4.79 Å². The molecule has 0 aliphatic rings. The van der Waals surface area contributed by atoms with Gasteiger partial charge in [-0.15, -0.1) is 0 Å². The summed E-state index contributed by atoms with van der Waals surface area (Å²) in [5.74, 6) is -0.167. The van der Waals surface area contributed by atoms with Crippen molar-refractivity contribution in [3.8, 4) is 0 Å². The van der Waals surface area contributed by atoms with Crippen LogP contribution >= 0.6 is 0 Å². The van der Waals surface area contributed by atoms with Crippen molar-refractivity contribution in [2.75, 3.05) is 47.3 Å². The quantitative estimate of drug-likeness (QED) is 0.601. The highest BCUT2D eigenvalue weighted by Gasteiger charge is 2.16. The minimum atomic E-state index is -0.769. The van der Waals surface area contributed by atoms with Gasteiger partial charge in [0.05, 0.1) is 0 Å². The summed E-state index contributed by atoms with van der Waals surface area (Å²) in [6.07, 6.45) is 0.645. The van der Waals surface area contributed by atoms with Crippen molar-refractivity contribution in [2.45, 2.75) is 26.3 Å². The van der Waals surface area contributed by atoms with Crippen molar-refractivity contribution < 1.29 is 9.90 Å². The lowest BCUT2D eigenvalue weighted by Crippen LogP contribution is -2.40. The third-order valence-corrected chi connectivity index (χ3v) is 2.87. The molecule has 0 aromatic rings. The van der Waals surface area contributed by atoms with Crippen LogP contribution in [-0.2, 0) is 4.79 Å². The number of aliphatic carboxylic acids is 1. The van der Waals surface area contributed by atoms with Crippen LogP contribution < -0.4 is 5.32 Å². The number of hydrogen-bond acceptors (Lipinski definition) is 4. The Bertz CT molecular complexity index is 232. The molecule has 0 aliphatic heterocycles. The summed E-state index contributed by atoms with van der Waals surface area (Å²) in [6.45, 7) is 8.21. The monoisotopic (exact) mass is 259 g/mol. The Morgan fingerprint density at radius 3 is 2.22 bits per heavy atom. The van der Waals surface area contributed by atoms with Crippen molar-refractivity contribution in [1.29, 1.82) is 0 Å². The third kappa shape index (κ3) is 8.44. The maximum Gasteiger partial charge on any atom is 0.320 e. The molecular weight excluding hydrogens is 230 g/mol. The predicted molar refractivity (Wildman–Crippen MR) is 74.9 cm³/mol. The second kappa shape index (κ2) is 9.30. The van der Waals surface area contributed by atoms with E-state index in [4.69, 9.17) is 5.11 Å². The molecule has 0 spiro atoms. The van der Waals surface area contributed by atoms with E-state index in [9.17, 15) is 4.79 Å². The Morgan fingerprint density at radius 2 is 1.83 bits per heavy atom. The minimum Gasteiger partial charge on any atom is -0.480 e. The van der Waals surface area contributed by atoms with E-state index < -0.39 is 12.0 Å². The molecule has 108 valence electrons. The van der Waals surface area contributed by atoms with Gasteiger partial charge >= 0.3 is 5.97 Å². The second-order valence-electron chi connectivity index (χ2n) is 5.47. The van der Waals surface area contributed by atoms with E-state index >= 15 is 0 Å². The molecule has 2 N–H and O–H groups in total. The SMILES string of the molecule is CNC(CCN(CCN(C)C)CC(C)C)C(=O)O. The molecule has 0 saturated heterocycles. The Morgan fingerprint density at radius 1 is 1.22 bits per heavy atom. The molecule has 1 atom stereocenters. The van der Waals surface area contributed by atoms with Crippen molar-refractivity contribution in [3.05, 3.63) is 0 Å². The van der Waals surface area contributed by atoms with Crippen LogP contribution in [0, 0.1) is 5.92 Å². The van der Waals surface area contributed by atoms with Crippen LogP contribution in [0.5, 0.6) is 0 Å². The van der Waals surface area contributed by atoms with Gasteiger partial charge in [-0.25, -0.2) is 0 Å². The first-order chi connectivity index (χ1) is 8.36. The highest BCUT2D eigenvalue weighted by molar-refractivity contribution is 5.73. The molecule has 5 heteroatoms. The lowest BCUT2D eigenvalue weighted by atomic mass is 10.1. The van der Waals surface area contributed by atoms with Gasteiger partial charge in [-0.1, -0.05) is 13.8 Å². The zero-order valence-electron chi connectivity index (χ0n) is 12.4. The Labute approximate surface area is 111 Å². The number of carboxylic acid groups (broad SMARTS) is 1. The zero-order chi connectivity index (χ0) is 14.1. The van der Waals surface area contributed by atoms with Crippen LogP contribution in [-0.4, -0.2) is 74.2 Å². The fraction of sp³-hybridized carbons (Fsp3) is 0.923. The molecule has 0 rings (SSSR count). The molecule has 0 bridgehead atoms. The molecule has 0 saturated carbocycles. The third-order valence-electron chi connectivity index (χ3n) is 2.87. The number of carbonyl (C=O) groups is 1. The Kier molecular flexibility index (Phi) is 8.97. The van der Waals surface area contributed by atoms with Gasteiger partial charge in [0.1, 0.15) is 6.04 Å².